The van der Waals surface area contributed by atoms with E-state index in [2.05, 4.69) is 27.2 Å². The highest BCUT2D eigenvalue weighted by Crippen LogP contribution is 2.38. The summed E-state index contributed by atoms with van der Waals surface area (Å²) in [5, 5.41) is 3.15. The second-order valence-electron chi connectivity index (χ2n) is 6.46. The molecule has 0 bridgehead atoms. The zero-order valence-electron chi connectivity index (χ0n) is 13.3. The zero-order valence-corrected chi connectivity index (χ0v) is 13.3. The molecule has 1 aliphatic rings. The van der Waals surface area contributed by atoms with Gasteiger partial charge in [-0.1, -0.05) is 13.0 Å². The molecule has 0 amide bonds. The molecule has 2 aromatic rings. The maximum absolute atomic E-state index is 14.1. The van der Waals surface area contributed by atoms with E-state index in [4.69, 9.17) is 5.73 Å². The lowest BCUT2D eigenvalue weighted by Gasteiger charge is -2.20. The van der Waals surface area contributed by atoms with E-state index in [-0.39, 0.29) is 35.5 Å². The van der Waals surface area contributed by atoms with E-state index in [0.717, 1.165) is 17.5 Å². The van der Waals surface area contributed by atoms with Gasteiger partial charge in [-0.25, -0.2) is 8.78 Å². The van der Waals surface area contributed by atoms with Gasteiger partial charge in [0.25, 0.3) is 0 Å². The SMILES string of the molecule is CC1Cc2ccc(F)cc2C1Nc1nc(N)nc(C(C)(C)F)n1. The Morgan fingerprint density at radius 2 is 2.00 bits per heavy atom. The summed E-state index contributed by atoms with van der Waals surface area (Å²) in [4.78, 5) is 12.0. The van der Waals surface area contributed by atoms with Crippen molar-refractivity contribution >= 4 is 11.9 Å². The van der Waals surface area contributed by atoms with Crippen molar-refractivity contribution in [2.45, 2.75) is 38.9 Å². The van der Waals surface area contributed by atoms with Crippen LogP contribution in [0.15, 0.2) is 18.2 Å². The molecule has 2 unspecified atom stereocenters. The van der Waals surface area contributed by atoms with Crippen molar-refractivity contribution in [3.8, 4) is 0 Å². The first-order chi connectivity index (χ1) is 10.7. The highest BCUT2D eigenvalue weighted by atomic mass is 19.1. The smallest absolute Gasteiger partial charge is 0.228 e. The number of hydrogen-bond acceptors (Lipinski definition) is 5. The van der Waals surface area contributed by atoms with Crippen molar-refractivity contribution in [3.63, 3.8) is 0 Å². The average Bonchev–Trinajstić information content (AvgIpc) is 2.73. The molecule has 0 spiro atoms. The number of aromatic nitrogens is 3. The highest BCUT2D eigenvalue weighted by Gasteiger charge is 2.31. The van der Waals surface area contributed by atoms with Gasteiger partial charge >= 0.3 is 0 Å². The summed E-state index contributed by atoms with van der Waals surface area (Å²) in [6.07, 6.45) is 0.829. The number of halogens is 2. The van der Waals surface area contributed by atoms with Gasteiger partial charge in [0.1, 0.15) is 5.82 Å². The molecule has 3 N–H and O–H groups in total. The molecule has 3 rings (SSSR count). The van der Waals surface area contributed by atoms with Gasteiger partial charge in [0.15, 0.2) is 11.5 Å². The number of nitrogens with two attached hydrogens (primary N) is 1. The summed E-state index contributed by atoms with van der Waals surface area (Å²) >= 11 is 0. The van der Waals surface area contributed by atoms with Crippen molar-refractivity contribution in [1.82, 2.24) is 15.0 Å². The second kappa shape index (κ2) is 5.40. The summed E-state index contributed by atoms with van der Waals surface area (Å²) in [7, 11) is 0. The lowest BCUT2D eigenvalue weighted by molar-refractivity contribution is 0.206. The molecular formula is C16H19F2N5. The fourth-order valence-electron chi connectivity index (χ4n) is 2.89. The summed E-state index contributed by atoms with van der Waals surface area (Å²) in [6, 6.07) is 4.61. The van der Waals surface area contributed by atoms with E-state index in [1.165, 1.54) is 26.0 Å². The number of benzene rings is 1. The number of nitrogens with zero attached hydrogens (tertiary/aromatic N) is 3. The predicted molar refractivity (Wildman–Crippen MR) is 84.0 cm³/mol. The monoisotopic (exact) mass is 319 g/mol. The fraction of sp³-hybridized carbons (Fsp3) is 0.438. The van der Waals surface area contributed by atoms with Gasteiger partial charge in [0.05, 0.1) is 6.04 Å². The standard InChI is InChI=1S/C16H19F2N5/c1-8-6-9-4-5-10(17)7-11(9)12(8)20-15-22-13(16(2,3)18)21-14(19)23-15/h4-5,7-8,12H,6H2,1-3H3,(H3,19,20,21,22,23). The Bertz CT molecular complexity index is 742. The van der Waals surface area contributed by atoms with Crippen molar-refractivity contribution in [2.24, 2.45) is 5.92 Å². The third kappa shape index (κ3) is 3.09. The van der Waals surface area contributed by atoms with E-state index in [0.29, 0.717) is 0 Å². The first-order valence-electron chi connectivity index (χ1n) is 7.50. The van der Waals surface area contributed by atoms with Crippen LogP contribution in [0, 0.1) is 11.7 Å². The molecule has 1 heterocycles. The number of alkyl halides is 1. The van der Waals surface area contributed by atoms with Crippen molar-refractivity contribution < 1.29 is 8.78 Å². The minimum absolute atomic E-state index is 0.0300. The van der Waals surface area contributed by atoms with E-state index in [1.54, 1.807) is 6.07 Å². The highest BCUT2D eigenvalue weighted by molar-refractivity contribution is 5.43. The van der Waals surface area contributed by atoms with Crippen LogP contribution in [-0.4, -0.2) is 15.0 Å². The number of nitrogens with one attached hydrogen (secondary N) is 1. The molecule has 23 heavy (non-hydrogen) atoms. The Kier molecular flexibility index (Phi) is 3.66. The van der Waals surface area contributed by atoms with E-state index in [9.17, 15) is 8.78 Å². The first-order valence-corrected chi connectivity index (χ1v) is 7.50. The zero-order chi connectivity index (χ0) is 16.8. The summed E-state index contributed by atoms with van der Waals surface area (Å²) in [5.74, 6) is 0.0650. The van der Waals surface area contributed by atoms with Crippen LogP contribution in [0.4, 0.5) is 20.7 Å². The molecule has 1 aromatic heterocycles. The molecule has 1 aromatic carbocycles. The van der Waals surface area contributed by atoms with Crippen LogP contribution in [-0.2, 0) is 12.1 Å². The van der Waals surface area contributed by atoms with E-state index in [1.807, 2.05) is 0 Å². The van der Waals surface area contributed by atoms with Crippen LogP contribution in [0.1, 0.15) is 43.8 Å². The van der Waals surface area contributed by atoms with Crippen LogP contribution in [0.5, 0.6) is 0 Å². The summed E-state index contributed by atoms with van der Waals surface area (Å²) in [5.41, 5.74) is 5.89. The van der Waals surface area contributed by atoms with Gasteiger partial charge in [-0.2, -0.15) is 15.0 Å². The molecule has 2 atom stereocenters. The number of rotatable bonds is 3. The molecule has 0 saturated carbocycles. The second-order valence-corrected chi connectivity index (χ2v) is 6.46. The molecule has 0 radical (unpaired) electrons. The first kappa shape index (κ1) is 15.6. The van der Waals surface area contributed by atoms with Crippen LogP contribution >= 0.6 is 0 Å². The van der Waals surface area contributed by atoms with Crippen LogP contribution in [0.2, 0.25) is 0 Å². The van der Waals surface area contributed by atoms with Crippen LogP contribution in [0.25, 0.3) is 0 Å². The van der Waals surface area contributed by atoms with Gasteiger partial charge in [-0.3, -0.25) is 0 Å². The lowest BCUT2D eigenvalue weighted by Crippen LogP contribution is -2.21. The molecule has 0 saturated heterocycles. The normalized spacial score (nSPS) is 20.4. The minimum Gasteiger partial charge on any atom is -0.368 e. The summed E-state index contributed by atoms with van der Waals surface area (Å²) in [6.45, 7) is 4.77. The largest absolute Gasteiger partial charge is 0.368 e. The van der Waals surface area contributed by atoms with Crippen molar-refractivity contribution in [2.75, 3.05) is 11.1 Å². The fourth-order valence-corrected chi connectivity index (χ4v) is 2.89. The number of fused-ring (bicyclic) bond motifs is 1. The van der Waals surface area contributed by atoms with Crippen LogP contribution < -0.4 is 11.1 Å². The number of nitrogen functional groups attached to an aromatic ring is 1. The molecule has 122 valence electrons. The molecule has 5 nitrogen and oxygen atoms in total. The van der Waals surface area contributed by atoms with Gasteiger partial charge in [0.2, 0.25) is 11.9 Å². The topological polar surface area (TPSA) is 76.7 Å². The van der Waals surface area contributed by atoms with E-state index < -0.39 is 5.67 Å². The average molecular weight is 319 g/mol. The maximum Gasteiger partial charge on any atom is 0.228 e. The third-order valence-electron chi connectivity index (χ3n) is 4.02. The Morgan fingerprint density at radius 1 is 1.26 bits per heavy atom. The Labute approximate surface area is 133 Å². The summed E-state index contributed by atoms with van der Waals surface area (Å²) < 4.78 is 27.6. The molecule has 7 heteroatoms. The molecule has 0 aliphatic heterocycles. The van der Waals surface area contributed by atoms with E-state index >= 15 is 0 Å². The Balaban J connectivity index is 1.94. The van der Waals surface area contributed by atoms with Crippen LogP contribution in [0.3, 0.4) is 0 Å². The van der Waals surface area contributed by atoms with Crippen molar-refractivity contribution in [3.05, 3.63) is 41.0 Å². The molecule has 0 fully saturated rings. The number of anilines is 2. The third-order valence-corrected chi connectivity index (χ3v) is 4.02. The van der Waals surface area contributed by atoms with Gasteiger partial charge in [0, 0.05) is 0 Å². The van der Waals surface area contributed by atoms with Gasteiger partial charge in [-0.05, 0) is 49.4 Å². The van der Waals surface area contributed by atoms with Gasteiger partial charge < -0.3 is 11.1 Å². The Morgan fingerprint density at radius 3 is 2.70 bits per heavy atom. The lowest BCUT2D eigenvalue weighted by atomic mass is 10.0. The minimum atomic E-state index is -1.72. The van der Waals surface area contributed by atoms with Gasteiger partial charge in [-0.15, -0.1) is 0 Å². The maximum atomic E-state index is 14.1. The predicted octanol–water partition coefficient (Wildman–Crippen LogP) is 3.14. The van der Waals surface area contributed by atoms with Crippen molar-refractivity contribution in [1.29, 1.82) is 0 Å². The quantitative estimate of drug-likeness (QED) is 0.909. The number of hydrogen-bond donors (Lipinski definition) is 2. The molecular weight excluding hydrogens is 300 g/mol. The Hall–Kier alpha value is -2.31. The molecule has 1 aliphatic carbocycles.